The van der Waals surface area contributed by atoms with Crippen LogP contribution in [0.25, 0.3) is 0 Å². The van der Waals surface area contributed by atoms with E-state index in [4.69, 9.17) is 0 Å². The van der Waals surface area contributed by atoms with Crippen LogP contribution < -0.4 is 5.43 Å². The summed E-state index contributed by atoms with van der Waals surface area (Å²) in [7, 11) is 0. The molecule has 100 valence electrons. The molecule has 19 heavy (non-hydrogen) atoms. The van der Waals surface area contributed by atoms with E-state index in [2.05, 4.69) is 54.6 Å². The molecule has 0 amide bonds. The van der Waals surface area contributed by atoms with Gasteiger partial charge in [0.25, 0.3) is 0 Å². The fraction of sp³-hybridized carbons (Fsp3) is 0.429. The van der Waals surface area contributed by atoms with Gasteiger partial charge in [-0.25, -0.2) is 4.68 Å². The highest BCUT2D eigenvalue weighted by Crippen LogP contribution is 2.31. The van der Waals surface area contributed by atoms with Gasteiger partial charge in [-0.1, -0.05) is 42.4 Å². The zero-order chi connectivity index (χ0) is 13.4. The Morgan fingerprint density at radius 1 is 1.37 bits per heavy atom. The molecule has 4 nitrogen and oxygen atoms in total. The predicted octanol–water partition coefficient (Wildman–Crippen LogP) is 2.85. The first-order valence-corrected chi connectivity index (χ1v) is 7.58. The minimum Gasteiger partial charge on any atom is -0.314 e. The highest BCUT2D eigenvalue weighted by Gasteiger charge is 2.24. The van der Waals surface area contributed by atoms with Gasteiger partial charge in [-0.3, -0.25) is 0 Å². The van der Waals surface area contributed by atoms with E-state index in [0.717, 1.165) is 23.2 Å². The lowest BCUT2D eigenvalue weighted by molar-refractivity contribution is 0.634. The van der Waals surface area contributed by atoms with E-state index in [1.165, 1.54) is 16.7 Å². The molecule has 0 saturated carbocycles. The van der Waals surface area contributed by atoms with Gasteiger partial charge < -0.3 is 5.43 Å². The van der Waals surface area contributed by atoms with Crippen LogP contribution in [-0.2, 0) is 6.42 Å². The molecule has 1 atom stereocenters. The topological polar surface area (TPSA) is 42.7 Å². The van der Waals surface area contributed by atoms with Crippen molar-refractivity contribution in [1.82, 2.24) is 14.9 Å². The number of thioether (sulfide) groups is 1. The van der Waals surface area contributed by atoms with Gasteiger partial charge in [-0.15, -0.1) is 10.2 Å². The predicted molar refractivity (Wildman–Crippen MR) is 78.1 cm³/mol. The van der Waals surface area contributed by atoms with Gasteiger partial charge in [0, 0.05) is 12.2 Å². The average Bonchev–Trinajstić information content (AvgIpc) is 2.80. The van der Waals surface area contributed by atoms with E-state index in [-0.39, 0.29) is 0 Å². The van der Waals surface area contributed by atoms with Crippen molar-refractivity contribution in [3.05, 3.63) is 40.7 Å². The normalized spacial score (nSPS) is 17.9. The molecular weight excluding hydrogens is 256 g/mol. The molecule has 0 saturated heterocycles. The van der Waals surface area contributed by atoms with E-state index < -0.39 is 0 Å². The van der Waals surface area contributed by atoms with Crippen LogP contribution >= 0.6 is 11.8 Å². The molecule has 0 bridgehead atoms. The van der Waals surface area contributed by atoms with Crippen molar-refractivity contribution in [3.8, 4) is 0 Å². The lowest BCUT2D eigenvalue weighted by atomic mass is 10.0. The van der Waals surface area contributed by atoms with Gasteiger partial charge >= 0.3 is 0 Å². The Labute approximate surface area is 117 Å². The molecule has 3 rings (SSSR count). The Bertz CT molecular complexity index is 592. The molecule has 1 unspecified atom stereocenters. The van der Waals surface area contributed by atoms with E-state index in [0.29, 0.717) is 6.04 Å². The van der Waals surface area contributed by atoms with E-state index >= 15 is 0 Å². The van der Waals surface area contributed by atoms with Crippen LogP contribution in [0.3, 0.4) is 0 Å². The third-order valence-electron chi connectivity index (χ3n) is 3.48. The van der Waals surface area contributed by atoms with Crippen LogP contribution in [0.15, 0.2) is 23.4 Å². The molecule has 1 aliphatic rings. The lowest BCUT2D eigenvalue weighted by Gasteiger charge is -2.27. The van der Waals surface area contributed by atoms with Crippen molar-refractivity contribution >= 4 is 11.8 Å². The van der Waals surface area contributed by atoms with Gasteiger partial charge in [-0.05, 0) is 25.0 Å². The molecule has 1 aliphatic heterocycles. The molecule has 0 fully saturated rings. The Morgan fingerprint density at radius 3 is 2.95 bits per heavy atom. The molecule has 1 aromatic carbocycles. The molecule has 0 radical (unpaired) electrons. The first-order chi connectivity index (χ1) is 9.19. The molecule has 5 heteroatoms. The Balaban J connectivity index is 1.92. The monoisotopic (exact) mass is 274 g/mol. The first kappa shape index (κ1) is 12.5. The second-order valence-electron chi connectivity index (χ2n) is 4.94. The van der Waals surface area contributed by atoms with Crippen LogP contribution in [0, 0.1) is 13.8 Å². The second-order valence-corrected chi connectivity index (χ2v) is 5.93. The highest BCUT2D eigenvalue weighted by molar-refractivity contribution is 7.99. The zero-order valence-corrected chi connectivity index (χ0v) is 12.3. The summed E-state index contributed by atoms with van der Waals surface area (Å²) < 4.78 is 2.04. The Morgan fingerprint density at radius 2 is 2.21 bits per heavy atom. The number of benzene rings is 1. The van der Waals surface area contributed by atoms with Crippen molar-refractivity contribution < 1.29 is 0 Å². The Hall–Kier alpha value is -1.49. The molecule has 0 aliphatic carbocycles. The third-order valence-corrected chi connectivity index (χ3v) is 4.50. The number of hydrogen-bond acceptors (Lipinski definition) is 4. The Kier molecular flexibility index (Phi) is 3.22. The molecular formula is C14H18N4S. The van der Waals surface area contributed by atoms with Gasteiger partial charge in [0.15, 0.2) is 5.82 Å². The summed E-state index contributed by atoms with van der Waals surface area (Å²) in [5.41, 5.74) is 7.55. The fourth-order valence-electron chi connectivity index (χ4n) is 2.48. The maximum Gasteiger partial charge on any atom is 0.210 e. The number of fused-ring (bicyclic) bond motifs is 1. The minimum absolute atomic E-state index is 0.319. The van der Waals surface area contributed by atoms with Crippen LogP contribution in [0.5, 0.6) is 0 Å². The minimum atomic E-state index is 0.319. The standard InChI is InChI=1S/C14H18N4S/c1-4-13-15-16-14-18(13)17-12(8-19-14)11-6-5-9(2)7-10(11)3/h5-7,12,17H,4,8H2,1-3H3. The van der Waals surface area contributed by atoms with Crippen molar-refractivity contribution in [2.45, 2.75) is 38.4 Å². The van der Waals surface area contributed by atoms with Crippen LogP contribution in [0.1, 0.15) is 35.5 Å². The highest BCUT2D eigenvalue weighted by atomic mass is 32.2. The number of aryl methyl sites for hydroxylation is 3. The largest absolute Gasteiger partial charge is 0.314 e. The van der Waals surface area contributed by atoms with Crippen LogP contribution in [0.2, 0.25) is 0 Å². The molecule has 2 aromatic rings. The number of hydrogen-bond donors (Lipinski definition) is 1. The van der Waals surface area contributed by atoms with E-state index in [1.807, 2.05) is 4.68 Å². The molecule has 2 heterocycles. The molecule has 1 aromatic heterocycles. The van der Waals surface area contributed by atoms with Crippen LogP contribution in [-0.4, -0.2) is 20.6 Å². The van der Waals surface area contributed by atoms with E-state index in [9.17, 15) is 0 Å². The van der Waals surface area contributed by atoms with Gasteiger partial charge in [0.2, 0.25) is 5.16 Å². The fourth-order valence-corrected chi connectivity index (χ4v) is 3.43. The zero-order valence-electron chi connectivity index (χ0n) is 11.5. The quantitative estimate of drug-likeness (QED) is 0.914. The average molecular weight is 274 g/mol. The first-order valence-electron chi connectivity index (χ1n) is 6.60. The number of nitrogens with one attached hydrogen (secondary N) is 1. The summed E-state index contributed by atoms with van der Waals surface area (Å²) >= 11 is 1.77. The summed E-state index contributed by atoms with van der Waals surface area (Å²) in [5.74, 6) is 1.99. The third kappa shape index (κ3) is 2.23. The summed E-state index contributed by atoms with van der Waals surface area (Å²) in [5, 5.41) is 9.39. The SMILES string of the molecule is CCc1nnc2n1NC(c1ccc(C)cc1C)CS2. The smallest absolute Gasteiger partial charge is 0.210 e. The van der Waals surface area contributed by atoms with Crippen LogP contribution in [0.4, 0.5) is 0 Å². The van der Waals surface area contributed by atoms with Gasteiger partial charge in [0.1, 0.15) is 0 Å². The summed E-state index contributed by atoms with van der Waals surface area (Å²) in [4.78, 5) is 0. The molecule has 1 N–H and O–H groups in total. The number of nitrogens with zero attached hydrogens (tertiary/aromatic N) is 3. The van der Waals surface area contributed by atoms with Gasteiger partial charge in [0.05, 0.1) is 6.04 Å². The van der Waals surface area contributed by atoms with Crippen molar-refractivity contribution in [3.63, 3.8) is 0 Å². The van der Waals surface area contributed by atoms with Crippen molar-refractivity contribution in [2.75, 3.05) is 11.2 Å². The maximum absolute atomic E-state index is 4.21. The number of rotatable bonds is 2. The van der Waals surface area contributed by atoms with Crippen molar-refractivity contribution in [2.24, 2.45) is 0 Å². The van der Waals surface area contributed by atoms with E-state index in [1.54, 1.807) is 11.8 Å². The van der Waals surface area contributed by atoms with Crippen molar-refractivity contribution in [1.29, 1.82) is 0 Å². The lowest BCUT2D eigenvalue weighted by Crippen LogP contribution is -2.29. The second kappa shape index (κ2) is 4.89. The summed E-state index contributed by atoms with van der Waals surface area (Å²) in [6, 6.07) is 6.96. The maximum atomic E-state index is 4.21. The number of aromatic nitrogens is 3. The summed E-state index contributed by atoms with van der Waals surface area (Å²) in [6.07, 6.45) is 0.889. The summed E-state index contributed by atoms with van der Waals surface area (Å²) in [6.45, 7) is 6.41. The molecule has 0 spiro atoms. The van der Waals surface area contributed by atoms with Gasteiger partial charge in [-0.2, -0.15) is 0 Å².